The van der Waals surface area contributed by atoms with E-state index in [1.165, 1.54) is 33.5 Å². The fourth-order valence-electron chi connectivity index (χ4n) is 2.39. The zero-order valence-electron chi connectivity index (χ0n) is 15.3. The average molecular weight is 375 g/mol. The maximum Gasteiger partial charge on any atom is 0.269 e. The van der Waals surface area contributed by atoms with Crippen LogP contribution in [0.15, 0.2) is 36.4 Å². The van der Waals surface area contributed by atoms with E-state index in [-0.39, 0.29) is 11.6 Å². The molecule has 1 amide bonds. The molecule has 0 aliphatic rings. The number of nitro benzene ring substituents is 1. The number of anilines is 1. The smallest absolute Gasteiger partial charge is 0.269 e. The third-order valence-electron chi connectivity index (χ3n) is 3.77. The van der Waals surface area contributed by atoms with Crippen molar-refractivity contribution in [1.82, 2.24) is 5.32 Å². The predicted molar refractivity (Wildman–Crippen MR) is 100 cm³/mol. The molecule has 9 heteroatoms. The van der Waals surface area contributed by atoms with Gasteiger partial charge >= 0.3 is 0 Å². The van der Waals surface area contributed by atoms with Crippen molar-refractivity contribution in [3.8, 4) is 17.2 Å². The van der Waals surface area contributed by atoms with Gasteiger partial charge in [0.25, 0.3) is 11.6 Å². The molecule has 27 heavy (non-hydrogen) atoms. The Kier molecular flexibility index (Phi) is 6.81. The number of nitro groups is 1. The highest BCUT2D eigenvalue weighted by molar-refractivity contribution is 5.97. The molecule has 0 spiro atoms. The topological polar surface area (TPSA) is 112 Å². The van der Waals surface area contributed by atoms with Crippen molar-refractivity contribution in [2.45, 2.75) is 0 Å². The lowest BCUT2D eigenvalue weighted by Crippen LogP contribution is -2.29. The minimum Gasteiger partial charge on any atom is -0.496 e. The summed E-state index contributed by atoms with van der Waals surface area (Å²) in [6.07, 6.45) is 0. The summed E-state index contributed by atoms with van der Waals surface area (Å²) >= 11 is 0. The summed E-state index contributed by atoms with van der Waals surface area (Å²) in [6, 6.07) is 9.18. The number of carbonyl (C=O) groups excluding carboxylic acids is 1. The summed E-state index contributed by atoms with van der Waals surface area (Å²) in [5.41, 5.74) is 1.07. The number of non-ortho nitro benzene ring substituents is 1. The summed E-state index contributed by atoms with van der Waals surface area (Å²) in [7, 11) is 4.45. The van der Waals surface area contributed by atoms with Crippen molar-refractivity contribution in [2.24, 2.45) is 0 Å². The van der Waals surface area contributed by atoms with Crippen LogP contribution in [-0.4, -0.2) is 45.2 Å². The molecule has 0 saturated heterocycles. The highest BCUT2D eigenvalue weighted by atomic mass is 16.6. The first kappa shape index (κ1) is 19.8. The number of hydrogen-bond acceptors (Lipinski definition) is 7. The lowest BCUT2D eigenvalue weighted by Gasteiger charge is -2.14. The Bertz CT molecular complexity index is 807. The standard InChI is InChI=1S/C18H21N3O6/c1-25-15-11-17(27-3)16(26-2)10-14(15)18(22)20-9-8-19-12-4-6-13(7-5-12)21(23)24/h4-7,10-11,19H,8-9H2,1-3H3,(H,20,22). The Hall–Kier alpha value is -3.49. The van der Waals surface area contributed by atoms with Crippen molar-refractivity contribution in [1.29, 1.82) is 0 Å². The van der Waals surface area contributed by atoms with Gasteiger partial charge in [0.15, 0.2) is 11.5 Å². The van der Waals surface area contributed by atoms with Gasteiger partial charge in [0.1, 0.15) is 5.75 Å². The zero-order chi connectivity index (χ0) is 19.8. The summed E-state index contributed by atoms with van der Waals surface area (Å²) in [5.74, 6) is 0.935. The number of rotatable bonds is 9. The van der Waals surface area contributed by atoms with Crippen LogP contribution in [0.25, 0.3) is 0 Å². The van der Waals surface area contributed by atoms with E-state index in [9.17, 15) is 14.9 Å². The second-order valence-corrected chi connectivity index (χ2v) is 5.39. The Morgan fingerprint density at radius 3 is 2.11 bits per heavy atom. The van der Waals surface area contributed by atoms with Crippen LogP contribution in [0, 0.1) is 10.1 Å². The summed E-state index contributed by atoms with van der Waals surface area (Å²) < 4.78 is 15.7. The van der Waals surface area contributed by atoms with E-state index in [1.807, 2.05) is 0 Å². The van der Waals surface area contributed by atoms with Crippen molar-refractivity contribution in [2.75, 3.05) is 39.7 Å². The summed E-state index contributed by atoms with van der Waals surface area (Å²) in [6.45, 7) is 0.784. The van der Waals surface area contributed by atoms with E-state index >= 15 is 0 Å². The second kappa shape index (κ2) is 9.27. The molecule has 0 aromatic heterocycles. The van der Waals surface area contributed by atoms with E-state index < -0.39 is 4.92 Å². The highest BCUT2D eigenvalue weighted by Crippen LogP contribution is 2.34. The number of benzene rings is 2. The van der Waals surface area contributed by atoms with Crippen molar-refractivity contribution in [3.05, 3.63) is 52.1 Å². The van der Waals surface area contributed by atoms with Gasteiger partial charge in [-0.1, -0.05) is 0 Å². The largest absolute Gasteiger partial charge is 0.496 e. The highest BCUT2D eigenvalue weighted by Gasteiger charge is 2.17. The molecule has 9 nitrogen and oxygen atoms in total. The van der Waals surface area contributed by atoms with E-state index in [1.54, 1.807) is 24.3 Å². The SMILES string of the molecule is COc1cc(OC)c(C(=O)NCCNc2ccc([N+](=O)[O-])cc2)cc1OC. The normalized spacial score (nSPS) is 10.0. The van der Waals surface area contributed by atoms with Crippen molar-refractivity contribution in [3.63, 3.8) is 0 Å². The molecule has 144 valence electrons. The van der Waals surface area contributed by atoms with Crippen LogP contribution in [0.1, 0.15) is 10.4 Å². The maximum absolute atomic E-state index is 12.4. The van der Waals surface area contributed by atoms with Crippen LogP contribution in [0.3, 0.4) is 0 Å². The predicted octanol–water partition coefficient (Wildman–Crippen LogP) is 2.46. The molecule has 0 unspecified atom stereocenters. The maximum atomic E-state index is 12.4. The molecule has 0 atom stereocenters. The second-order valence-electron chi connectivity index (χ2n) is 5.39. The number of amides is 1. The van der Waals surface area contributed by atoms with Gasteiger partial charge < -0.3 is 24.8 Å². The van der Waals surface area contributed by atoms with E-state index in [4.69, 9.17) is 14.2 Å². The Morgan fingerprint density at radius 2 is 1.56 bits per heavy atom. The minimum absolute atomic E-state index is 0.0226. The van der Waals surface area contributed by atoms with E-state index in [0.717, 1.165) is 5.69 Å². The van der Waals surface area contributed by atoms with Gasteiger partial charge in [-0.2, -0.15) is 0 Å². The third-order valence-corrected chi connectivity index (χ3v) is 3.77. The van der Waals surface area contributed by atoms with E-state index in [2.05, 4.69) is 10.6 Å². The lowest BCUT2D eigenvalue weighted by molar-refractivity contribution is -0.384. The number of nitrogens with one attached hydrogen (secondary N) is 2. The average Bonchev–Trinajstić information content (AvgIpc) is 2.70. The Balaban J connectivity index is 1.94. The van der Waals surface area contributed by atoms with Crippen molar-refractivity contribution < 1.29 is 23.9 Å². The fourth-order valence-corrected chi connectivity index (χ4v) is 2.39. The number of methoxy groups -OCH3 is 3. The van der Waals surface area contributed by atoms with Gasteiger partial charge in [-0.3, -0.25) is 14.9 Å². The van der Waals surface area contributed by atoms with Gasteiger partial charge in [-0.15, -0.1) is 0 Å². The molecule has 0 aliphatic carbocycles. The monoisotopic (exact) mass is 375 g/mol. The van der Waals surface area contributed by atoms with Gasteiger partial charge in [-0.05, 0) is 12.1 Å². The molecule has 2 rings (SSSR count). The van der Waals surface area contributed by atoms with Crippen LogP contribution < -0.4 is 24.8 Å². The van der Waals surface area contributed by atoms with Gasteiger partial charge in [0.2, 0.25) is 0 Å². The molecule has 0 saturated carbocycles. The van der Waals surface area contributed by atoms with Crippen LogP contribution in [0.2, 0.25) is 0 Å². The summed E-state index contributed by atoms with van der Waals surface area (Å²) in [4.78, 5) is 22.6. The molecule has 2 aromatic carbocycles. The van der Waals surface area contributed by atoms with Crippen LogP contribution in [0.4, 0.5) is 11.4 Å². The number of ether oxygens (including phenoxy) is 3. The third kappa shape index (κ3) is 5.00. The molecule has 0 fully saturated rings. The van der Waals surface area contributed by atoms with E-state index in [0.29, 0.717) is 35.9 Å². The molecular formula is C18H21N3O6. The Morgan fingerprint density at radius 1 is 0.963 bits per heavy atom. The first-order valence-electron chi connectivity index (χ1n) is 8.06. The fraction of sp³-hybridized carbons (Fsp3) is 0.278. The van der Waals surface area contributed by atoms with Gasteiger partial charge in [-0.25, -0.2) is 0 Å². The zero-order valence-corrected chi connectivity index (χ0v) is 15.3. The van der Waals surface area contributed by atoms with Crippen molar-refractivity contribution >= 4 is 17.3 Å². The molecule has 2 N–H and O–H groups in total. The minimum atomic E-state index is -0.458. The molecule has 0 radical (unpaired) electrons. The number of nitrogens with zero attached hydrogens (tertiary/aromatic N) is 1. The first-order valence-corrected chi connectivity index (χ1v) is 8.06. The molecule has 0 bridgehead atoms. The van der Waals surface area contributed by atoms with Crippen LogP contribution in [0.5, 0.6) is 17.2 Å². The van der Waals surface area contributed by atoms with Gasteiger partial charge in [0.05, 0.1) is 31.8 Å². The number of carbonyl (C=O) groups is 1. The summed E-state index contributed by atoms with van der Waals surface area (Å²) in [5, 5.41) is 16.5. The van der Waals surface area contributed by atoms with Crippen LogP contribution in [-0.2, 0) is 0 Å². The molecular weight excluding hydrogens is 354 g/mol. The van der Waals surface area contributed by atoms with Gasteiger partial charge in [0, 0.05) is 43.0 Å². The van der Waals surface area contributed by atoms with Crippen LogP contribution >= 0.6 is 0 Å². The molecule has 0 aliphatic heterocycles. The quantitative estimate of drug-likeness (QED) is 0.393. The Labute approximate surface area is 156 Å². The number of hydrogen-bond donors (Lipinski definition) is 2. The molecule has 0 heterocycles. The lowest BCUT2D eigenvalue weighted by atomic mass is 10.1. The molecule has 2 aromatic rings. The first-order chi connectivity index (χ1) is 13.0.